The maximum Gasteiger partial charge on any atom is 0.416 e. The van der Waals surface area contributed by atoms with E-state index in [1.54, 1.807) is 29.2 Å². The molecule has 4 aromatic rings. The van der Waals surface area contributed by atoms with Gasteiger partial charge in [0.15, 0.2) is 0 Å². The maximum atomic E-state index is 13.4. The van der Waals surface area contributed by atoms with Gasteiger partial charge in [0.1, 0.15) is 17.5 Å². The van der Waals surface area contributed by atoms with Gasteiger partial charge in [-0.15, -0.1) is 0 Å². The summed E-state index contributed by atoms with van der Waals surface area (Å²) < 4.78 is 11.5. The van der Waals surface area contributed by atoms with Crippen LogP contribution < -0.4 is 9.47 Å². The summed E-state index contributed by atoms with van der Waals surface area (Å²) in [5.74, 6) is 0.879. The van der Waals surface area contributed by atoms with Crippen molar-refractivity contribution >= 4 is 40.2 Å². The minimum absolute atomic E-state index is 0.0829. The van der Waals surface area contributed by atoms with Crippen molar-refractivity contribution in [2.45, 2.75) is 18.9 Å². The molecule has 0 saturated heterocycles. The van der Waals surface area contributed by atoms with Crippen LogP contribution >= 0.6 is 23.2 Å². The molecule has 7 nitrogen and oxygen atoms in total. The van der Waals surface area contributed by atoms with Crippen LogP contribution in [0.5, 0.6) is 11.5 Å². The average molecular weight is 555 g/mol. The highest BCUT2D eigenvalue weighted by Gasteiger charge is 2.35. The normalized spacial score (nSPS) is 15.1. The molecule has 0 bridgehead atoms. The topological polar surface area (TPSA) is 95.0 Å². The molecule has 2 heterocycles. The third kappa shape index (κ3) is 5.61. The molecule has 38 heavy (non-hydrogen) atoms. The van der Waals surface area contributed by atoms with Crippen LogP contribution in [0.25, 0.3) is 10.9 Å². The van der Waals surface area contributed by atoms with Crippen molar-refractivity contribution in [1.82, 2.24) is 9.88 Å². The first-order valence-corrected chi connectivity index (χ1v) is 13.2. The number of amides is 1. The Morgan fingerprint density at radius 2 is 1.66 bits per heavy atom. The number of H-pyrrole nitrogens is 1. The fraction of sp³-hybridized carbons (Fsp3) is 0.276. The molecule has 0 aliphatic carbocycles. The molecule has 1 atom stereocenters. The molecule has 0 fully saturated rings. The van der Waals surface area contributed by atoms with E-state index in [1.165, 1.54) is 0 Å². The number of carbonyl (C=O) groups is 1. The standard InChI is InChI=1S/C29H28Cl2N2O5/c30-20-3-8-23(9-4-20)38-29(36)33-13-11-24-25-15-21(31)5-10-26(25)32-27(24)28(33)19-1-6-22(7-2-19)37-14-12-18(16-34)17-35/h1-10,15,18,28,32,34-35H,11-14,16-17H2/t28-/m0/s1. The number of rotatable bonds is 8. The molecule has 9 heteroatoms. The van der Waals surface area contributed by atoms with Gasteiger partial charge in [-0.25, -0.2) is 4.79 Å². The highest BCUT2D eigenvalue weighted by Crippen LogP contribution is 2.40. The lowest BCUT2D eigenvalue weighted by Crippen LogP contribution is -2.42. The van der Waals surface area contributed by atoms with Crippen molar-refractivity contribution in [2.75, 3.05) is 26.4 Å². The van der Waals surface area contributed by atoms with Gasteiger partial charge in [-0.2, -0.15) is 0 Å². The molecule has 1 amide bonds. The largest absolute Gasteiger partial charge is 0.494 e. The SMILES string of the molecule is O=C(Oc1ccc(Cl)cc1)N1CCc2c([nH]c3ccc(Cl)cc23)[C@@H]1c1ccc(OCCC(CO)CO)cc1. The number of benzene rings is 3. The molecule has 1 aromatic heterocycles. The number of nitrogens with one attached hydrogen (secondary N) is 1. The number of nitrogens with zero attached hydrogens (tertiary/aromatic N) is 1. The van der Waals surface area contributed by atoms with Gasteiger partial charge in [-0.05, 0) is 78.6 Å². The van der Waals surface area contributed by atoms with E-state index in [9.17, 15) is 15.0 Å². The first-order valence-electron chi connectivity index (χ1n) is 12.5. The number of hydrogen-bond donors (Lipinski definition) is 3. The van der Waals surface area contributed by atoms with Crippen LogP contribution in [0.3, 0.4) is 0 Å². The Morgan fingerprint density at radius 3 is 2.37 bits per heavy atom. The lowest BCUT2D eigenvalue weighted by molar-refractivity contribution is 0.128. The Hall–Kier alpha value is -3.23. The predicted octanol–water partition coefficient (Wildman–Crippen LogP) is 5.99. The number of fused-ring (bicyclic) bond motifs is 3. The summed E-state index contributed by atoms with van der Waals surface area (Å²) in [4.78, 5) is 18.7. The number of carbonyl (C=O) groups excluding carboxylic acids is 1. The van der Waals surface area contributed by atoms with Gasteiger partial charge in [0.05, 0.1) is 6.61 Å². The number of aliphatic hydroxyl groups is 2. The number of ether oxygens (including phenoxy) is 2. The predicted molar refractivity (Wildman–Crippen MR) is 147 cm³/mol. The van der Waals surface area contributed by atoms with Crippen LogP contribution in [-0.2, 0) is 6.42 Å². The minimum Gasteiger partial charge on any atom is -0.494 e. The molecular formula is C29H28Cl2N2O5. The molecule has 0 radical (unpaired) electrons. The molecular weight excluding hydrogens is 527 g/mol. The molecule has 3 N–H and O–H groups in total. The van der Waals surface area contributed by atoms with Gasteiger partial charge in [-0.1, -0.05) is 35.3 Å². The Bertz CT molecular complexity index is 1400. The van der Waals surface area contributed by atoms with Crippen molar-refractivity contribution < 1.29 is 24.5 Å². The summed E-state index contributed by atoms with van der Waals surface area (Å²) in [5, 5.41) is 20.8. The monoisotopic (exact) mass is 554 g/mol. The summed E-state index contributed by atoms with van der Waals surface area (Å²) in [6.07, 6.45) is 0.738. The van der Waals surface area contributed by atoms with E-state index >= 15 is 0 Å². The first kappa shape index (κ1) is 26.4. The lowest BCUT2D eigenvalue weighted by atomic mass is 9.92. The zero-order chi connectivity index (χ0) is 26.6. The van der Waals surface area contributed by atoms with E-state index in [0.29, 0.717) is 47.5 Å². The third-order valence-corrected chi connectivity index (χ3v) is 7.34. The van der Waals surface area contributed by atoms with Crippen molar-refractivity contribution in [2.24, 2.45) is 5.92 Å². The van der Waals surface area contributed by atoms with Crippen LogP contribution in [0.4, 0.5) is 4.79 Å². The van der Waals surface area contributed by atoms with Gasteiger partial charge in [0.25, 0.3) is 0 Å². The Labute approximate surface area is 230 Å². The fourth-order valence-electron chi connectivity index (χ4n) is 4.80. The van der Waals surface area contributed by atoms with E-state index in [0.717, 1.165) is 27.7 Å². The first-order chi connectivity index (χ1) is 18.5. The lowest BCUT2D eigenvalue weighted by Gasteiger charge is -2.35. The van der Waals surface area contributed by atoms with E-state index in [1.807, 2.05) is 42.5 Å². The molecule has 0 saturated carbocycles. The van der Waals surface area contributed by atoms with Crippen LogP contribution in [0, 0.1) is 5.92 Å². The summed E-state index contributed by atoms with van der Waals surface area (Å²) >= 11 is 12.3. The maximum absolute atomic E-state index is 13.4. The third-order valence-electron chi connectivity index (χ3n) is 6.85. The zero-order valence-corrected chi connectivity index (χ0v) is 22.1. The van der Waals surface area contributed by atoms with Crippen molar-refractivity contribution in [3.05, 3.63) is 93.6 Å². The van der Waals surface area contributed by atoms with Gasteiger partial charge in [0.2, 0.25) is 0 Å². The number of aromatic nitrogens is 1. The molecule has 198 valence electrons. The van der Waals surface area contributed by atoms with Crippen LogP contribution in [-0.4, -0.2) is 52.6 Å². The number of hydrogen-bond acceptors (Lipinski definition) is 5. The summed E-state index contributed by atoms with van der Waals surface area (Å²) in [6.45, 7) is 0.674. The highest BCUT2D eigenvalue weighted by molar-refractivity contribution is 6.31. The van der Waals surface area contributed by atoms with Crippen molar-refractivity contribution in [1.29, 1.82) is 0 Å². The Balaban J connectivity index is 1.44. The van der Waals surface area contributed by atoms with Crippen molar-refractivity contribution in [3.63, 3.8) is 0 Å². The molecule has 1 aliphatic heterocycles. The molecule has 3 aromatic carbocycles. The second-order valence-corrected chi connectivity index (χ2v) is 10.2. The van der Waals surface area contributed by atoms with E-state index in [-0.39, 0.29) is 19.1 Å². The van der Waals surface area contributed by atoms with Crippen LogP contribution in [0.1, 0.15) is 29.3 Å². The molecule has 1 aliphatic rings. The zero-order valence-electron chi connectivity index (χ0n) is 20.6. The van der Waals surface area contributed by atoms with Gasteiger partial charge < -0.3 is 24.7 Å². The summed E-state index contributed by atoms with van der Waals surface area (Å²) in [6, 6.07) is 19.6. The molecule has 5 rings (SSSR count). The smallest absolute Gasteiger partial charge is 0.416 e. The number of halogens is 2. The molecule has 0 unspecified atom stereocenters. The average Bonchev–Trinajstić information content (AvgIpc) is 3.30. The molecule has 0 spiro atoms. The number of aliphatic hydroxyl groups excluding tert-OH is 2. The van der Waals surface area contributed by atoms with E-state index in [2.05, 4.69) is 4.98 Å². The Morgan fingerprint density at radius 1 is 0.974 bits per heavy atom. The number of aromatic amines is 1. The second kappa shape index (κ2) is 11.7. The van der Waals surface area contributed by atoms with Gasteiger partial charge in [0, 0.05) is 52.3 Å². The quantitative estimate of drug-likeness (QED) is 0.248. The van der Waals surface area contributed by atoms with Crippen LogP contribution in [0.15, 0.2) is 66.7 Å². The van der Waals surface area contributed by atoms with E-state index < -0.39 is 12.1 Å². The van der Waals surface area contributed by atoms with Gasteiger partial charge in [-0.3, -0.25) is 4.90 Å². The Kier molecular flexibility index (Phi) is 8.09. The summed E-state index contributed by atoms with van der Waals surface area (Å²) in [5.41, 5.74) is 3.90. The fourth-order valence-corrected chi connectivity index (χ4v) is 5.09. The van der Waals surface area contributed by atoms with Crippen molar-refractivity contribution in [3.8, 4) is 11.5 Å². The highest BCUT2D eigenvalue weighted by atomic mass is 35.5. The second-order valence-electron chi connectivity index (χ2n) is 9.31. The van der Waals surface area contributed by atoms with Crippen LogP contribution in [0.2, 0.25) is 10.0 Å². The minimum atomic E-state index is -0.459. The van der Waals surface area contributed by atoms with E-state index in [4.69, 9.17) is 32.7 Å². The van der Waals surface area contributed by atoms with Gasteiger partial charge >= 0.3 is 6.09 Å². The summed E-state index contributed by atoms with van der Waals surface area (Å²) in [7, 11) is 0.